The lowest BCUT2D eigenvalue weighted by atomic mass is 10.1. The van der Waals surface area contributed by atoms with E-state index in [1.54, 1.807) is 26.1 Å². The normalized spacial score (nSPS) is 14.5. The average molecular weight is 308 g/mol. The van der Waals surface area contributed by atoms with Crippen LogP contribution >= 0.6 is 0 Å². The highest BCUT2D eigenvalue weighted by atomic mass is 16.5. The van der Waals surface area contributed by atoms with Crippen molar-refractivity contribution in [2.75, 3.05) is 44.4 Å². The van der Waals surface area contributed by atoms with Crippen molar-refractivity contribution in [3.8, 4) is 0 Å². The highest BCUT2D eigenvalue weighted by Gasteiger charge is 2.23. The largest absolute Gasteiger partial charge is 0.462 e. The van der Waals surface area contributed by atoms with Gasteiger partial charge in [-0.15, -0.1) is 0 Å². The lowest BCUT2D eigenvalue weighted by Crippen LogP contribution is -2.36. The molecule has 1 aliphatic heterocycles. The van der Waals surface area contributed by atoms with Gasteiger partial charge in [0.1, 0.15) is 0 Å². The Morgan fingerprint density at radius 3 is 2.45 bits per heavy atom. The Balaban J connectivity index is 2.33. The van der Waals surface area contributed by atoms with Gasteiger partial charge in [-0.2, -0.15) is 0 Å². The van der Waals surface area contributed by atoms with E-state index in [4.69, 9.17) is 14.2 Å². The van der Waals surface area contributed by atoms with Gasteiger partial charge in [-0.3, -0.25) is 0 Å². The molecule has 0 aromatic carbocycles. The summed E-state index contributed by atoms with van der Waals surface area (Å²) < 4.78 is 15.3. The molecule has 7 heteroatoms. The second kappa shape index (κ2) is 7.74. The first-order valence-corrected chi connectivity index (χ1v) is 7.34. The topological polar surface area (TPSA) is 78.0 Å². The van der Waals surface area contributed by atoms with E-state index in [1.165, 1.54) is 0 Å². The van der Waals surface area contributed by atoms with Crippen LogP contribution in [-0.2, 0) is 14.2 Å². The number of ether oxygens (including phenoxy) is 3. The maximum Gasteiger partial charge on any atom is 0.357 e. The lowest BCUT2D eigenvalue weighted by Gasteiger charge is -2.28. The predicted molar refractivity (Wildman–Crippen MR) is 79.2 cm³/mol. The number of esters is 2. The van der Waals surface area contributed by atoms with Crippen LogP contribution < -0.4 is 4.90 Å². The van der Waals surface area contributed by atoms with Crippen LogP contribution in [0.1, 0.15) is 34.7 Å². The van der Waals surface area contributed by atoms with Crippen LogP contribution in [0.3, 0.4) is 0 Å². The molecule has 2 rings (SSSR count). The van der Waals surface area contributed by atoms with Crippen molar-refractivity contribution in [1.82, 2.24) is 4.98 Å². The zero-order valence-corrected chi connectivity index (χ0v) is 12.8. The number of carbonyl (C=O) groups is 2. The molecule has 0 radical (unpaired) electrons. The summed E-state index contributed by atoms with van der Waals surface area (Å²) in [5.74, 6) is -1.20. The highest BCUT2D eigenvalue weighted by molar-refractivity contribution is 6.02. The van der Waals surface area contributed by atoms with Gasteiger partial charge in [-0.25, -0.2) is 14.6 Å². The second-order valence-corrected chi connectivity index (χ2v) is 4.63. The third kappa shape index (κ3) is 3.73. The molecule has 7 nitrogen and oxygen atoms in total. The van der Waals surface area contributed by atoms with Crippen LogP contribution in [0.15, 0.2) is 12.3 Å². The molecule has 1 fully saturated rings. The Labute approximate surface area is 129 Å². The molecule has 120 valence electrons. The predicted octanol–water partition coefficient (Wildman–Crippen LogP) is 1.27. The van der Waals surface area contributed by atoms with Gasteiger partial charge in [0.25, 0.3) is 0 Å². The Hall–Kier alpha value is -2.15. The molecular formula is C15H20N2O5. The molecule has 0 aliphatic carbocycles. The molecule has 1 aliphatic rings. The van der Waals surface area contributed by atoms with Crippen LogP contribution in [-0.4, -0.2) is 56.4 Å². The molecule has 1 aromatic heterocycles. The van der Waals surface area contributed by atoms with Gasteiger partial charge in [0.15, 0.2) is 5.69 Å². The summed E-state index contributed by atoms with van der Waals surface area (Å²) >= 11 is 0. The SMILES string of the molecule is CCOC(=O)c1cc(N2CCOCC2)cnc1C(=O)OCC. The van der Waals surface area contributed by atoms with Crippen molar-refractivity contribution in [3.63, 3.8) is 0 Å². The average Bonchev–Trinajstić information content (AvgIpc) is 2.55. The number of hydrogen-bond donors (Lipinski definition) is 0. The third-order valence-corrected chi connectivity index (χ3v) is 3.21. The first-order chi connectivity index (χ1) is 10.7. The molecule has 0 spiro atoms. The number of nitrogens with zero attached hydrogens (tertiary/aromatic N) is 2. The molecule has 0 atom stereocenters. The van der Waals surface area contributed by atoms with Crippen LogP contribution in [0.5, 0.6) is 0 Å². The molecule has 2 heterocycles. The van der Waals surface area contributed by atoms with Gasteiger partial charge in [0.2, 0.25) is 0 Å². The quantitative estimate of drug-likeness (QED) is 0.758. The minimum absolute atomic E-state index is 0.0164. The summed E-state index contributed by atoms with van der Waals surface area (Å²) in [7, 11) is 0. The Morgan fingerprint density at radius 2 is 1.82 bits per heavy atom. The number of pyridine rings is 1. The van der Waals surface area contributed by atoms with Gasteiger partial charge in [0.05, 0.1) is 43.9 Å². The molecule has 22 heavy (non-hydrogen) atoms. The second-order valence-electron chi connectivity index (χ2n) is 4.63. The number of hydrogen-bond acceptors (Lipinski definition) is 7. The summed E-state index contributed by atoms with van der Waals surface area (Å²) in [4.78, 5) is 30.2. The van der Waals surface area contributed by atoms with Gasteiger partial charge >= 0.3 is 11.9 Å². The number of aromatic nitrogens is 1. The van der Waals surface area contributed by atoms with E-state index >= 15 is 0 Å². The van der Waals surface area contributed by atoms with E-state index in [-0.39, 0.29) is 24.5 Å². The van der Waals surface area contributed by atoms with Crippen molar-refractivity contribution in [2.45, 2.75) is 13.8 Å². The summed E-state index contributed by atoms with van der Waals surface area (Å²) in [6.45, 7) is 6.51. The number of rotatable bonds is 5. The van der Waals surface area contributed by atoms with Gasteiger partial charge in [0, 0.05) is 13.1 Å². The molecular weight excluding hydrogens is 288 g/mol. The van der Waals surface area contributed by atoms with Crippen molar-refractivity contribution < 1.29 is 23.8 Å². The first kappa shape index (κ1) is 16.2. The fourth-order valence-corrected chi connectivity index (χ4v) is 2.17. The highest BCUT2D eigenvalue weighted by Crippen LogP contribution is 2.20. The molecule has 1 aromatic rings. The Morgan fingerprint density at radius 1 is 1.18 bits per heavy atom. The van der Waals surface area contributed by atoms with E-state index in [0.29, 0.717) is 26.3 Å². The molecule has 0 N–H and O–H groups in total. The van der Waals surface area contributed by atoms with Crippen LogP contribution in [0, 0.1) is 0 Å². The van der Waals surface area contributed by atoms with E-state index in [9.17, 15) is 9.59 Å². The monoisotopic (exact) mass is 308 g/mol. The molecule has 0 unspecified atom stereocenters. The van der Waals surface area contributed by atoms with E-state index < -0.39 is 11.9 Å². The summed E-state index contributed by atoms with van der Waals surface area (Å²) in [5.41, 5.74) is 0.876. The standard InChI is InChI=1S/C15H20N2O5/c1-3-21-14(18)12-9-11(17-5-7-20-8-6-17)10-16-13(12)15(19)22-4-2/h9-10H,3-8H2,1-2H3. The van der Waals surface area contributed by atoms with Crippen LogP contribution in [0.4, 0.5) is 5.69 Å². The zero-order chi connectivity index (χ0) is 15.9. The number of morpholine rings is 1. The van der Waals surface area contributed by atoms with E-state index in [0.717, 1.165) is 5.69 Å². The van der Waals surface area contributed by atoms with E-state index in [1.807, 2.05) is 4.90 Å². The van der Waals surface area contributed by atoms with Gasteiger partial charge in [-0.1, -0.05) is 0 Å². The molecule has 1 saturated heterocycles. The maximum absolute atomic E-state index is 12.1. The van der Waals surface area contributed by atoms with E-state index in [2.05, 4.69) is 4.98 Å². The summed E-state index contributed by atoms with van der Waals surface area (Å²) in [5, 5.41) is 0. The van der Waals surface area contributed by atoms with Gasteiger partial charge < -0.3 is 19.1 Å². The van der Waals surface area contributed by atoms with Crippen molar-refractivity contribution in [2.24, 2.45) is 0 Å². The molecule has 0 amide bonds. The van der Waals surface area contributed by atoms with Crippen LogP contribution in [0.2, 0.25) is 0 Å². The maximum atomic E-state index is 12.1. The third-order valence-electron chi connectivity index (χ3n) is 3.21. The van der Waals surface area contributed by atoms with Gasteiger partial charge in [-0.05, 0) is 19.9 Å². The van der Waals surface area contributed by atoms with Crippen molar-refractivity contribution in [1.29, 1.82) is 0 Å². The fourth-order valence-electron chi connectivity index (χ4n) is 2.17. The number of carbonyl (C=O) groups excluding carboxylic acids is 2. The summed E-state index contributed by atoms with van der Waals surface area (Å²) in [6, 6.07) is 1.63. The molecule has 0 saturated carbocycles. The fraction of sp³-hybridized carbons (Fsp3) is 0.533. The van der Waals surface area contributed by atoms with Crippen LogP contribution in [0.25, 0.3) is 0 Å². The Bertz CT molecular complexity index is 541. The lowest BCUT2D eigenvalue weighted by molar-refractivity contribution is 0.0473. The zero-order valence-electron chi connectivity index (χ0n) is 12.8. The number of anilines is 1. The minimum Gasteiger partial charge on any atom is -0.462 e. The smallest absolute Gasteiger partial charge is 0.357 e. The minimum atomic E-state index is -0.626. The first-order valence-electron chi connectivity index (χ1n) is 7.34. The summed E-state index contributed by atoms with van der Waals surface area (Å²) in [6.07, 6.45) is 1.57. The van der Waals surface area contributed by atoms with Crippen molar-refractivity contribution >= 4 is 17.6 Å². The Kier molecular flexibility index (Phi) is 5.71. The van der Waals surface area contributed by atoms with Crippen molar-refractivity contribution in [3.05, 3.63) is 23.5 Å². The molecule has 0 bridgehead atoms.